The summed E-state index contributed by atoms with van der Waals surface area (Å²) >= 11 is 0. The van der Waals surface area contributed by atoms with Gasteiger partial charge in [-0.25, -0.2) is 4.39 Å². The molecule has 0 radical (unpaired) electrons. The molecule has 0 spiro atoms. The summed E-state index contributed by atoms with van der Waals surface area (Å²) in [5.41, 5.74) is -0.249. The molecule has 0 aliphatic heterocycles. The van der Waals surface area contributed by atoms with Crippen LogP contribution in [0.5, 0.6) is 5.75 Å². The van der Waals surface area contributed by atoms with E-state index in [1.807, 2.05) is 14.1 Å². The van der Waals surface area contributed by atoms with Crippen LogP contribution in [0.15, 0.2) is 18.2 Å². The van der Waals surface area contributed by atoms with Crippen molar-refractivity contribution in [3.63, 3.8) is 0 Å². The predicted octanol–water partition coefficient (Wildman–Crippen LogP) is 2.63. The zero-order chi connectivity index (χ0) is 15.2. The molecule has 1 aromatic carbocycles. The summed E-state index contributed by atoms with van der Waals surface area (Å²) in [5, 5.41) is 11.5. The number of halogens is 1. The van der Waals surface area contributed by atoms with E-state index < -0.39 is 5.60 Å². The van der Waals surface area contributed by atoms with Gasteiger partial charge < -0.3 is 14.7 Å². The van der Waals surface area contributed by atoms with E-state index in [-0.39, 0.29) is 17.7 Å². The summed E-state index contributed by atoms with van der Waals surface area (Å²) in [7, 11) is 5.57. The monoisotopic (exact) mass is 293 g/mol. The third kappa shape index (κ3) is 2.55. The fourth-order valence-electron chi connectivity index (χ4n) is 4.08. The van der Waals surface area contributed by atoms with Crippen LogP contribution in [0.25, 0.3) is 0 Å². The lowest BCUT2D eigenvalue weighted by molar-refractivity contribution is -0.0753. The molecule has 21 heavy (non-hydrogen) atoms. The molecule has 2 saturated carbocycles. The van der Waals surface area contributed by atoms with E-state index >= 15 is 0 Å². The van der Waals surface area contributed by atoms with Crippen molar-refractivity contribution in [2.75, 3.05) is 27.7 Å². The summed E-state index contributed by atoms with van der Waals surface area (Å²) in [4.78, 5) is 2.11. The lowest BCUT2D eigenvalue weighted by Crippen LogP contribution is -2.45. The van der Waals surface area contributed by atoms with Gasteiger partial charge in [-0.2, -0.15) is 0 Å². The van der Waals surface area contributed by atoms with Crippen molar-refractivity contribution in [3.05, 3.63) is 29.6 Å². The van der Waals surface area contributed by atoms with Gasteiger partial charge in [-0.05, 0) is 62.9 Å². The molecule has 0 aromatic heterocycles. The van der Waals surface area contributed by atoms with E-state index in [2.05, 4.69) is 4.90 Å². The van der Waals surface area contributed by atoms with E-state index in [9.17, 15) is 9.50 Å². The summed E-state index contributed by atoms with van der Waals surface area (Å²) < 4.78 is 19.0. The SMILES string of the molecule is COc1cc(F)cc(C2(O)C(CN(C)C)CCC3CC32)c1. The number of hydrogen-bond donors (Lipinski definition) is 1. The summed E-state index contributed by atoms with van der Waals surface area (Å²) in [6, 6.07) is 4.64. The Hall–Kier alpha value is -1.13. The Morgan fingerprint density at radius 3 is 2.76 bits per heavy atom. The highest BCUT2D eigenvalue weighted by Gasteiger charge is 2.59. The molecule has 4 heteroatoms. The molecule has 4 atom stereocenters. The lowest BCUT2D eigenvalue weighted by Gasteiger charge is -2.42. The first-order chi connectivity index (χ1) is 9.95. The van der Waals surface area contributed by atoms with Crippen LogP contribution in [0.3, 0.4) is 0 Å². The number of rotatable bonds is 4. The molecule has 2 fully saturated rings. The molecular formula is C17H24FNO2. The zero-order valence-electron chi connectivity index (χ0n) is 13.0. The topological polar surface area (TPSA) is 32.7 Å². The first-order valence-electron chi connectivity index (χ1n) is 7.67. The van der Waals surface area contributed by atoms with E-state index in [0.29, 0.717) is 17.2 Å². The fourth-order valence-corrected chi connectivity index (χ4v) is 4.08. The molecule has 0 saturated heterocycles. The number of hydrogen-bond acceptors (Lipinski definition) is 3. The number of fused-ring (bicyclic) bond motifs is 1. The maximum atomic E-state index is 13.9. The maximum absolute atomic E-state index is 13.9. The maximum Gasteiger partial charge on any atom is 0.127 e. The molecule has 1 aromatic rings. The van der Waals surface area contributed by atoms with Crippen LogP contribution in [0.2, 0.25) is 0 Å². The number of nitrogens with zero attached hydrogens (tertiary/aromatic N) is 1. The number of methoxy groups -OCH3 is 1. The smallest absolute Gasteiger partial charge is 0.127 e. The van der Waals surface area contributed by atoms with Crippen LogP contribution >= 0.6 is 0 Å². The fraction of sp³-hybridized carbons (Fsp3) is 0.647. The lowest BCUT2D eigenvalue weighted by atomic mass is 9.71. The van der Waals surface area contributed by atoms with Crippen LogP contribution in [-0.2, 0) is 5.60 Å². The predicted molar refractivity (Wildman–Crippen MR) is 79.7 cm³/mol. The zero-order valence-corrected chi connectivity index (χ0v) is 13.0. The number of benzene rings is 1. The van der Waals surface area contributed by atoms with Crippen LogP contribution in [0.1, 0.15) is 24.8 Å². The Kier molecular flexibility index (Phi) is 3.70. The molecule has 0 amide bonds. The van der Waals surface area contributed by atoms with Gasteiger partial charge in [0.2, 0.25) is 0 Å². The van der Waals surface area contributed by atoms with Gasteiger partial charge in [-0.1, -0.05) is 0 Å². The van der Waals surface area contributed by atoms with Crippen LogP contribution in [-0.4, -0.2) is 37.8 Å². The molecule has 0 bridgehead atoms. The average molecular weight is 293 g/mol. The Morgan fingerprint density at radius 2 is 2.10 bits per heavy atom. The largest absolute Gasteiger partial charge is 0.497 e. The van der Waals surface area contributed by atoms with Gasteiger partial charge in [-0.3, -0.25) is 0 Å². The molecule has 4 unspecified atom stereocenters. The number of ether oxygens (including phenoxy) is 1. The Morgan fingerprint density at radius 1 is 1.33 bits per heavy atom. The standard InChI is InChI=1S/C17H24FNO2/c1-19(2)10-12-5-4-11-6-16(11)17(12,20)13-7-14(18)9-15(8-13)21-3/h7-9,11-12,16,20H,4-6,10H2,1-3H3. The first kappa shape index (κ1) is 14.8. The van der Waals surface area contributed by atoms with Crippen molar-refractivity contribution >= 4 is 0 Å². The highest BCUT2D eigenvalue weighted by atomic mass is 19.1. The summed E-state index contributed by atoms with van der Waals surface area (Å²) in [6.07, 6.45) is 3.23. The van der Waals surface area contributed by atoms with Gasteiger partial charge >= 0.3 is 0 Å². The summed E-state index contributed by atoms with van der Waals surface area (Å²) in [5.74, 6) is 1.14. The quantitative estimate of drug-likeness (QED) is 0.926. The molecule has 1 N–H and O–H groups in total. The van der Waals surface area contributed by atoms with E-state index in [1.54, 1.807) is 6.07 Å². The van der Waals surface area contributed by atoms with E-state index in [4.69, 9.17) is 4.74 Å². The summed E-state index contributed by atoms with van der Waals surface area (Å²) in [6.45, 7) is 0.818. The van der Waals surface area contributed by atoms with Crippen molar-refractivity contribution in [2.45, 2.75) is 24.9 Å². The normalized spacial score (nSPS) is 34.7. The minimum atomic E-state index is -0.928. The third-order valence-electron chi connectivity index (χ3n) is 5.15. The van der Waals surface area contributed by atoms with Gasteiger partial charge in [0.05, 0.1) is 12.7 Å². The average Bonchev–Trinajstić information content (AvgIpc) is 3.21. The molecule has 2 aliphatic rings. The van der Waals surface area contributed by atoms with Crippen LogP contribution < -0.4 is 4.74 Å². The van der Waals surface area contributed by atoms with Gasteiger partial charge in [0.25, 0.3) is 0 Å². The van der Waals surface area contributed by atoms with Gasteiger partial charge in [0.15, 0.2) is 0 Å². The van der Waals surface area contributed by atoms with Crippen LogP contribution in [0, 0.1) is 23.6 Å². The Bertz CT molecular complexity index is 534. The highest BCUT2D eigenvalue weighted by Crippen LogP contribution is 2.61. The van der Waals surface area contributed by atoms with E-state index in [1.165, 1.54) is 25.7 Å². The molecular weight excluding hydrogens is 269 g/mol. The molecule has 3 rings (SSSR count). The van der Waals surface area contributed by atoms with Crippen molar-refractivity contribution < 1.29 is 14.2 Å². The molecule has 3 nitrogen and oxygen atoms in total. The minimum Gasteiger partial charge on any atom is -0.497 e. The van der Waals surface area contributed by atoms with Gasteiger partial charge in [0.1, 0.15) is 11.6 Å². The van der Waals surface area contributed by atoms with Crippen LogP contribution in [0.4, 0.5) is 4.39 Å². The Balaban J connectivity index is 2.00. The van der Waals surface area contributed by atoms with Crippen molar-refractivity contribution in [1.29, 1.82) is 0 Å². The second-order valence-corrected chi connectivity index (χ2v) is 6.84. The van der Waals surface area contributed by atoms with Gasteiger partial charge in [-0.15, -0.1) is 0 Å². The number of aliphatic hydroxyl groups is 1. The first-order valence-corrected chi connectivity index (χ1v) is 7.67. The van der Waals surface area contributed by atoms with Crippen molar-refractivity contribution in [2.24, 2.45) is 17.8 Å². The Labute approximate surface area is 125 Å². The second-order valence-electron chi connectivity index (χ2n) is 6.84. The van der Waals surface area contributed by atoms with Crippen molar-refractivity contribution in [3.8, 4) is 5.75 Å². The minimum absolute atomic E-state index is 0.141. The highest BCUT2D eigenvalue weighted by molar-refractivity contribution is 5.36. The molecule has 2 aliphatic carbocycles. The van der Waals surface area contributed by atoms with Gasteiger partial charge in [0, 0.05) is 18.5 Å². The van der Waals surface area contributed by atoms with Crippen molar-refractivity contribution in [1.82, 2.24) is 4.90 Å². The molecule has 0 heterocycles. The third-order valence-corrected chi connectivity index (χ3v) is 5.15. The second kappa shape index (κ2) is 5.25. The molecule has 116 valence electrons. The van der Waals surface area contributed by atoms with E-state index in [0.717, 1.165) is 19.4 Å².